The van der Waals surface area contributed by atoms with E-state index >= 15 is 0 Å². The average Bonchev–Trinajstić information content (AvgIpc) is 3.48. The minimum atomic E-state index is 0.0454. The maximum atomic E-state index is 13.2. The highest BCUT2D eigenvalue weighted by Crippen LogP contribution is 2.27. The third kappa shape index (κ3) is 4.32. The summed E-state index contributed by atoms with van der Waals surface area (Å²) in [5, 5.41) is 7.39. The smallest absolute Gasteiger partial charge is 0.274 e. The van der Waals surface area contributed by atoms with Gasteiger partial charge in [0.1, 0.15) is 0 Å². The lowest BCUT2D eigenvalue weighted by Gasteiger charge is -2.44. The summed E-state index contributed by atoms with van der Waals surface area (Å²) in [7, 11) is 0. The topological polar surface area (TPSA) is 55.5 Å². The molecule has 7 heteroatoms. The van der Waals surface area contributed by atoms with E-state index in [0.29, 0.717) is 11.7 Å². The molecule has 3 aromatic rings. The third-order valence-electron chi connectivity index (χ3n) is 6.77. The van der Waals surface area contributed by atoms with Crippen molar-refractivity contribution in [3.8, 4) is 10.6 Å². The molecule has 0 aliphatic carbocycles. The fourth-order valence-corrected chi connectivity index (χ4v) is 5.82. The normalized spacial score (nSPS) is 20.0. The number of carbonyl (C=O) groups excluding carboxylic acids is 1. The molecule has 2 saturated heterocycles. The molecule has 2 aliphatic heterocycles. The second-order valence-corrected chi connectivity index (χ2v) is 10.2. The van der Waals surface area contributed by atoms with Crippen LogP contribution in [0.5, 0.6) is 0 Å². The molecule has 5 rings (SSSR count). The zero-order chi connectivity index (χ0) is 22.1. The van der Waals surface area contributed by atoms with E-state index in [1.165, 1.54) is 16.1 Å². The number of aryl methyl sites for hydroxylation is 2. The summed E-state index contributed by atoms with van der Waals surface area (Å²) in [5.74, 6) is 0.0454. The minimum Gasteiger partial charge on any atom is -0.369 e. The van der Waals surface area contributed by atoms with Gasteiger partial charge in [-0.05, 0) is 56.5 Å². The molecular formula is C25H31N5OS. The number of aromatic amines is 1. The Balaban J connectivity index is 1.20. The van der Waals surface area contributed by atoms with Crippen LogP contribution in [-0.2, 0) is 0 Å². The average molecular weight is 450 g/mol. The Morgan fingerprint density at radius 1 is 1.06 bits per heavy atom. The Kier molecular flexibility index (Phi) is 6.02. The summed E-state index contributed by atoms with van der Waals surface area (Å²) in [5.41, 5.74) is 4.14. The number of nitrogens with zero attached hydrogens (tertiary/aromatic N) is 4. The summed E-state index contributed by atoms with van der Waals surface area (Å²) in [6, 6.07) is 15.1. The number of hydrogen-bond donors (Lipinski definition) is 1. The van der Waals surface area contributed by atoms with Crippen molar-refractivity contribution in [3.05, 3.63) is 58.6 Å². The van der Waals surface area contributed by atoms with Crippen molar-refractivity contribution in [3.63, 3.8) is 0 Å². The van der Waals surface area contributed by atoms with Gasteiger partial charge < -0.3 is 9.80 Å². The van der Waals surface area contributed by atoms with E-state index in [-0.39, 0.29) is 5.91 Å². The Bertz CT molecular complexity index is 1080. The first-order valence-electron chi connectivity index (χ1n) is 11.5. The predicted molar refractivity (Wildman–Crippen MR) is 131 cm³/mol. The summed E-state index contributed by atoms with van der Waals surface area (Å²) in [4.78, 5) is 22.6. The number of piperazine rings is 1. The number of piperidine rings is 1. The summed E-state index contributed by atoms with van der Waals surface area (Å²) in [6.07, 6.45) is 2.21. The summed E-state index contributed by atoms with van der Waals surface area (Å²) in [6.45, 7) is 10.1. The first-order valence-corrected chi connectivity index (χ1v) is 12.4. The van der Waals surface area contributed by atoms with Crippen LogP contribution in [0.1, 0.15) is 33.8 Å². The van der Waals surface area contributed by atoms with E-state index in [2.05, 4.69) is 70.2 Å². The van der Waals surface area contributed by atoms with Gasteiger partial charge in [-0.2, -0.15) is 5.10 Å². The molecule has 0 bridgehead atoms. The van der Waals surface area contributed by atoms with Crippen LogP contribution in [0.15, 0.2) is 42.5 Å². The van der Waals surface area contributed by atoms with Gasteiger partial charge in [-0.3, -0.25) is 14.8 Å². The molecule has 0 unspecified atom stereocenters. The van der Waals surface area contributed by atoms with Crippen molar-refractivity contribution >= 4 is 22.9 Å². The van der Waals surface area contributed by atoms with Gasteiger partial charge in [0.15, 0.2) is 5.69 Å². The Labute approximate surface area is 193 Å². The highest BCUT2D eigenvalue weighted by atomic mass is 32.1. The van der Waals surface area contributed by atoms with Crippen LogP contribution in [0.4, 0.5) is 5.69 Å². The molecule has 1 amide bonds. The quantitative estimate of drug-likeness (QED) is 0.649. The van der Waals surface area contributed by atoms with E-state index in [1.54, 1.807) is 11.3 Å². The Morgan fingerprint density at radius 3 is 2.62 bits per heavy atom. The molecule has 0 spiro atoms. The number of para-hydroxylation sites is 1. The lowest BCUT2D eigenvalue weighted by Crippen LogP contribution is -2.56. The minimum absolute atomic E-state index is 0.0454. The first-order chi connectivity index (χ1) is 15.6. The van der Waals surface area contributed by atoms with Crippen LogP contribution in [0.2, 0.25) is 0 Å². The predicted octanol–water partition coefficient (Wildman–Crippen LogP) is 4.18. The molecule has 32 heavy (non-hydrogen) atoms. The van der Waals surface area contributed by atoms with Gasteiger partial charge in [0.25, 0.3) is 5.91 Å². The molecule has 6 nitrogen and oxygen atoms in total. The van der Waals surface area contributed by atoms with Crippen LogP contribution >= 0.6 is 11.3 Å². The highest BCUT2D eigenvalue weighted by molar-refractivity contribution is 7.15. The van der Waals surface area contributed by atoms with Gasteiger partial charge in [-0.25, -0.2) is 0 Å². The number of benzene rings is 1. The molecule has 1 aromatic carbocycles. The highest BCUT2D eigenvalue weighted by Gasteiger charge is 2.31. The number of H-pyrrole nitrogens is 1. The summed E-state index contributed by atoms with van der Waals surface area (Å²) >= 11 is 1.71. The number of aromatic nitrogens is 2. The van der Waals surface area contributed by atoms with Crippen molar-refractivity contribution in [1.82, 2.24) is 20.0 Å². The van der Waals surface area contributed by atoms with Crippen LogP contribution in [0.25, 0.3) is 10.6 Å². The fourth-order valence-electron chi connectivity index (χ4n) is 4.98. The van der Waals surface area contributed by atoms with Gasteiger partial charge in [-0.1, -0.05) is 18.2 Å². The second-order valence-electron chi connectivity index (χ2n) is 8.93. The van der Waals surface area contributed by atoms with Crippen molar-refractivity contribution < 1.29 is 4.79 Å². The number of rotatable bonds is 4. The van der Waals surface area contributed by atoms with Crippen molar-refractivity contribution in [2.24, 2.45) is 0 Å². The van der Waals surface area contributed by atoms with E-state index < -0.39 is 0 Å². The monoisotopic (exact) mass is 449 g/mol. The lowest BCUT2D eigenvalue weighted by molar-refractivity contribution is 0.0558. The van der Waals surface area contributed by atoms with Gasteiger partial charge in [0.2, 0.25) is 0 Å². The fraction of sp³-hybridized carbons (Fsp3) is 0.440. The van der Waals surface area contributed by atoms with Crippen molar-refractivity contribution in [2.45, 2.75) is 32.7 Å². The van der Waals surface area contributed by atoms with Crippen LogP contribution in [-0.4, -0.2) is 71.2 Å². The van der Waals surface area contributed by atoms with Crippen LogP contribution in [0.3, 0.4) is 0 Å². The number of anilines is 1. The number of nitrogens with one attached hydrogen (secondary N) is 1. The summed E-state index contributed by atoms with van der Waals surface area (Å²) < 4.78 is 0. The largest absolute Gasteiger partial charge is 0.369 e. The number of amides is 1. The van der Waals surface area contributed by atoms with Gasteiger partial charge in [-0.15, -0.1) is 11.3 Å². The molecule has 2 fully saturated rings. The number of likely N-dealkylation sites (tertiary alicyclic amines) is 1. The zero-order valence-electron chi connectivity index (χ0n) is 18.9. The molecule has 0 saturated carbocycles. The standard InChI is InChI=1S/C25H31N5OS/c1-18-6-3-4-8-23(18)29-14-12-28(13-15-29)20-7-5-11-30(17-20)25(31)22-16-21(26-27-22)24-10-9-19(2)32-24/h3-4,6,8-10,16,20H,5,7,11-15,17H2,1-2H3,(H,26,27)/t20-/m1/s1. The third-order valence-corrected chi connectivity index (χ3v) is 7.81. The van der Waals surface area contributed by atoms with Gasteiger partial charge >= 0.3 is 0 Å². The van der Waals surface area contributed by atoms with E-state index in [1.807, 2.05) is 11.0 Å². The SMILES string of the molecule is Cc1ccc(-c2cc(C(=O)N3CCC[C@@H](N4CCN(c5ccccc5C)CC4)C3)n[nH]2)s1. The van der Waals surface area contributed by atoms with E-state index in [9.17, 15) is 4.79 Å². The molecule has 0 radical (unpaired) electrons. The van der Waals surface area contributed by atoms with Crippen LogP contribution in [0, 0.1) is 13.8 Å². The number of carbonyl (C=O) groups is 1. The Morgan fingerprint density at radius 2 is 1.88 bits per heavy atom. The number of thiophene rings is 1. The molecular weight excluding hydrogens is 418 g/mol. The van der Waals surface area contributed by atoms with Crippen molar-refractivity contribution in [1.29, 1.82) is 0 Å². The molecule has 1 atom stereocenters. The molecule has 4 heterocycles. The maximum absolute atomic E-state index is 13.2. The molecule has 2 aromatic heterocycles. The lowest BCUT2D eigenvalue weighted by atomic mass is 10.0. The molecule has 2 aliphatic rings. The van der Waals surface area contributed by atoms with E-state index in [0.717, 1.165) is 62.7 Å². The molecule has 168 valence electrons. The second kappa shape index (κ2) is 9.08. The van der Waals surface area contributed by atoms with E-state index in [4.69, 9.17) is 0 Å². The van der Waals surface area contributed by atoms with Crippen molar-refractivity contribution in [2.75, 3.05) is 44.2 Å². The maximum Gasteiger partial charge on any atom is 0.274 e. The number of hydrogen-bond acceptors (Lipinski definition) is 5. The molecule has 1 N–H and O–H groups in total. The Hall–Kier alpha value is -2.64. The van der Waals surface area contributed by atoms with Gasteiger partial charge in [0, 0.05) is 55.9 Å². The zero-order valence-corrected chi connectivity index (χ0v) is 19.7. The first kappa shape index (κ1) is 21.2. The van der Waals surface area contributed by atoms with Crippen LogP contribution < -0.4 is 4.90 Å². The van der Waals surface area contributed by atoms with Gasteiger partial charge in [0.05, 0.1) is 10.6 Å².